The lowest BCUT2D eigenvalue weighted by molar-refractivity contribution is 0.121. The van der Waals surface area contributed by atoms with Crippen molar-refractivity contribution in [1.82, 2.24) is 0 Å². The second kappa shape index (κ2) is 8.29. The Morgan fingerprint density at radius 2 is 1.21 bits per heavy atom. The van der Waals surface area contributed by atoms with Crippen LogP contribution in [0.4, 0.5) is 0 Å². The van der Waals surface area contributed by atoms with Crippen LogP contribution in [0.25, 0.3) is 0 Å². The maximum Gasteiger partial charge on any atom is 0.0464 e. The molecule has 1 heteroatoms. The fraction of sp³-hybridized carbons (Fsp3) is 1.00. The lowest BCUT2D eigenvalue weighted by Gasteiger charge is -2.38. The highest BCUT2D eigenvalue weighted by molar-refractivity contribution is 4.82. The summed E-state index contributed by atoms with van der Waals surface area (Å²) in [7, 11) is 1.83. The maximum atomic E-state index is 5.22. The molecule has 0 aliphatic heterocycles. The Bertz CT molecular complexity index is 222. The number of rotatable bonds is 6. The van der Waals surface area contributed by atoms with Crippen LogP contribution in [0.2, 0.25) is 0 Å². The molecule has 0 bridgehead atoms. The van der Waals surface area contributed by atoms with Crippen LogP contribution < -0.4 is 0 Å². The molecule has 19 heavy (non-hydrogen) atoms. The monoisotopic (exact) mass is 266 g/mol. The fourth-order valence-corrected chi connectivity index (χ4v) is 4.59. The summed E-state index contributed by atoms with van der Waals surface area (Å²) in [5.41, 5.74) is 0. The molecule has 0 spiro atoms. The van der Waals surface area contributed by atoms with Crippen LogP contribution in [-0.2, 0) is 4.74 Å². The van der Waals surface area contributed by atoms with E-state index in [0.717, 1.165) is 30.3 Å². The van der Waals surface area contributed by atoms with Crippen LogP contribution >= 0.6 is 0 Å². The minimum absolute atomic E-state index is 0.965. The number of methoxy groups -OCH3 is 1. The first-order valence-electron chi connectivity index (χ1n) is 8.82. The lowest BCUT2D eigenvalue weighted by atomic mass is 9.68. The topological polar surface area (TPSA) is 9.23 Å². The van der Waals surface area contributed by atoms with E-state index in [1.165, 1.54) is 70.6 Å². The van der Waals surface area contributed by atoms with Crippen molar-refractivity contribution in [3.63, 3.8) is 0 Å². The molecule has 0 heterocycles. The zero-order valence-corrected chi connectivity index (χ0v) is 13.2. The van der Waals surface area contributed by atoms with Crippen molar-refractivity contribution < 1.29 is 4.74 Å². The molecular formula is C18H34O. The summed E-state index contributed by atoms with van der Waals surface area (Å²) in [6, 6.07) is 0. The van der Waals surface area contributed by atoms with Gasteiger partial charge in [-0.3, -0.25) is 0 Å². The van der Waals surface area contributed by atoms with Gasteiger partial charge in [-0.15, -0.1) is 0 Å². The Labute approximate surface area is 120 Å². The first-order valence-corrected chi connectivity index (χ1v) is 8.82. The Morgan fingerprint density at radius 3 is 1.63 bits per heavy atom. The van der Waals surface area contributed by atoms with E-state index in [4.69, 9.17) is 4.74 Å². The summed E-state index contributed by atoms with van der Waals surface area (Å²) in [5, 5.41) is 0. The van der Waals surface area contributed by atoms with Gasteiger partial charge in [-0.05, 0) is 55.8 Å². The third-order valence-corrected chi connectivity index (χ3v) is 5.88. The smallest absolute Gasteiger partial charge is 0.0464 e. The van der Waals surface area contributed by atoms with Gasteiger partial charge in [0.2, 0.25) is 0 Å². The lowest BCUT2D eigenvalue weighted by Crippen LogP contribution is -2.26. The Morgan fingerprint density at radius 1 is 0.737 bits per heavy atom. The number of hydrogen-bond donors (Lipinski definition) is 0. The molecule has 112 valence electrons. The van der Waals surface area contributed by atoms with Crippen molar-refractivity contribution in [3.8, 4) is 0 Å². The Balaban J connectivity index is 1.65. The Kier molecular flexibility index (Phi) is 6.70. The van der Waals surface area contributed by atoms with E-state index in [9.17, 15) is 0 Å². The molecule has 0 saturated heterocycles. The SMILES string of the molecule is CCCC1CCC(C2CCC(CCOC)CC2)CC1. The second-order valence-corrected chi connectivity index (χ2v) is 7.13. The minimum Gasteiger partial charge on any atom is -0.385 e. The van der Waals surface area contributed by atoms with Gasteiger partial charge >= 0.3 is 0 Å². The van der Waals surface area contributed by atoms with E-state index in [1.54, 1.807) is 0 Å². The van der Waals surface area contributed by atoms with Crippen molar-refractivity contribution in [2.45, 2.75) is 77.6 Å². The van der Waals surface area contributed by atoms with Crippen molar-refractivity contribution in [3.05, 3.63) is 0 Å². The highest BCUT2D eigenvalue weighted by Gasteiger charge is 2.30. The van der Waals surface area contributed by atoms with Gasteiger partial charge in [0.15, 0.2) is 0 Å². The molecule has 0 atom stereocenters. The van der Waals surface area contributed by atoms with Crippen LogP contribution in [-0.4, -0.2) is 13.7 Å². The second-order valence-electron chi connectivity index (χ2n) is 7.13. The van der Waals surface area contributed by atoms with E-state index in [2.05, 4.69) is 6.92 Å². The van der Waals surface area contributed by atoms with Crippen molar-refractivity contribution in [2.24, 2.45) is 23.7 Å². The van der Waals surface area contributed by atoms with Crippen LogP contribution in [0.15, 0.2) is 0 Å². The van der Waals surface area contributed by atoms with Crippen LogP contribution in [0.3, 0.4) is 0 Å². The first-order chi connectivity index (χ1) is 9.33. The molecule has 0 N–H and O–H groups in total. The molecule has 0 aromatic heterocycles. The zero-order chi connectivity index (χ0) is 13.5. The molecule has 2 rings (SSSR count). The molecule has 2 fully saturated rings. The highest BCUT2D eigenvalue weighted by Crippen LogP contribution is 2.42. The summed E-state index contributed by atoms with van der Waals surface area (Å²) < 4.78 is 5.22. The number of ether oxygens (including phenoxy) is 1. The van der Waals surface area contributed by atoms with E-state index in [0.29, 0.717) is 0 Å². The molecule has 2 aliphatic rings. The maximum absolute atomic E-state index is 5.22. The van der Waals surface area contributed by atoms with Crippen molar-refractivity contribution in [2.75, 3.05) is 13.7 Å². The van der Waals surface area contributed by atoms with Gasteiger partial charge in [-0.1, -0.05) is 45.4 Å². The third kappa shape index (κ3) is 4.77. The van der Waals surface area contributed by atoms with Gasteiger partial charge in [0.05, 0.1) is 0 Å². The summed E-state index contributed by atoms with van der Waals surface area (Å²) in [5.74, 6) is 4.18. The first kappa shape index (κ1) is 15.4. The molecule has 0 radical (unpaired) electrons. The average Bonchev–Trinajstić information content (AvgIpc) is 2.47. The standard InChI is InChI=1S/C18H34O/c1-3-4-15-5-9-17(10-6-15)18-11-7-16(8-12-18)13-14-19-2/h15-18H,3-14H2,1-2H3. The zero-order valence-electron chi connectivity index (χ0n) is 13.2. The normalized spacial score (nSPS) is 36.3. The van der Waals surface area contributed by atoms with Gasteiger partial charge in [0.1, 0.15) is 0 Å². The molecular weight excluding hydrogens is 232 g/mol. The van der Waals surface area contributed by atoms with Gasteiger partial charge in [0, 0.05) is 13.7 Å². The molecule has 2 aliphatic carbocycles. The summed E-state index contributed by atoms with van der Waals surface area (Å²) >= 11 is 0. The van der Waals surface area contributed by atoms with Crippen LogP contribution in [0, 0.1) is 23.7 Å². The Hall–Kier alpha value is -0.0400. The summed E-state index contributed by atoms with van der Waals surface area (Å²) in [6.45, 7) is 3.31. The predicted molar refractivity (Wildman–Crippen MR) is 82.3 cm³/mol. The third-order valence-electron chi connectivity index (χ3n) is 5.88. The fourth-order valence-electron chi connectivity index (χ4n) is 4.59. The number of hydrogen-bond acceptors (Lipinski definition) is 1. The molecule has 2 saturated carbocycles. The minimum atomic E-state index is 0.965. The van der Waals surface area contributed by atoms with Crippen molar-refractivity contribution >= 4 is 0 Å². The van der Waals surface area contributed by atoms with Gasteiger partial charge in [-0.25, -0.2) is 0 Å². The molecule has 0 aromatic carbocycles. The van der Waals surface area contributed by atoms with E-state index in [-0.39, 0.29) is 0 Å². The summed E-state index contributed by atoms with van der Waals surface area (Å²) in [6.07, 6.45) is 16.3. The van der Waals surface area contributed by atoms with E-state index >= 15 is 0 Å². The summed E-state index contributed by atoms with van der Waals surface area (Å²) in [4.78, 5) is 0. The molecule has 0 amide bonds. The predicted octanol–water partition coefficient (Wildman–Crippen LogP) is 5.44. The van der Waals surface area contributed by atoms with Gasteiger partial charge in [0.25, 0.3) is 0 Å². The quantitative estimate of drug-likeness (QED) is 0.622. The van der Waals surface area contributed by atoms with E-state index in [1.807, 2.05) is 7.11 Å². The van der Waals surface area contributed by atoms with Crippen LogP contribution in [0.5, 0.6) is 0 Å². The molecule has 1 nitrogen and oxygen atoms in total. The van der Waals surface area contributed by atoms with Gasteiger partial charge < -0.3 is 4.74 Å². The molecule has 0 aromatic rings. The highest BCUT2D eigenvalue weighted by atomic mass is 16.5. The molecule has 0 unspecified atom stereocenters. The van der Waals surface area contributed by atoms with E-state index < -0.39 is 0 Å². The average molecular weight is 266 g/mol. The largest absolute Gasteiger partial charge is 0.385 e. The van der Waals surface area contributed by atoms with Gasteiger partial charge in [-0.2, -0.15) is 0 Å². The van der Waals surface area contributed by atoms with Crippen molar-refractivity contribution in [1.29, 1.82) is 0 Å². The van der Waals surface area contributed by atoms with Crippen LogP contribution in [0.1, 0.15) is 77.6 Å².